The zero-order chi connectivity index (χ0) is 21.8. The van der Waals surface area contributed by atoms with E-state index < -0.39 is 11.7 Å². The number of anilines is 1. The predicted octanol–water partition coefficient (Wildman–Crippen LogP) is 6.24. The van der Waals surface area contributed by atoms with E-state index in [2.05, 4.69) is 22.0 Å². The van der Waals surface area contributed by atoms with Crippen molar-refractivity contribution >= 4 is 50.3 Å². The third-order valence-electron chi connectivity index (χ3n) is 5.42. The summed E-state index contributed by atoms with van der Waals surface area (Å²) in [4.78, 5) is 15.9. The highest BCUT2D eigenvalue weighted by molar-refractivity contribution is 9.11. The summed E-state index contributed by atoms with van der Waals surface area (Å²) < 4.78 is 14.7. The van der Waals surface area contributed by atoms with Gasteiger partial charge in [-0.2, -0.15) is 5.26 Å². The monoisotopic (exact) mass is 505 g/mol. The molecule has 1 aliphatic heterocycles. The number of ketones is 1. The average Bonchev–Trinajstić information content (AvgIpc) is 3.08. The molecule has 1 aromatic carbocycles. The molecule has 154 valence electrons. The fourth-order valence-corrected chi connectivity index (χ4v) is 5.91. The molecule has 4 nitrogen and oxygen atoms in total. The highest BCUT2D eigenvalue weighted by Crippen LogP contribution is 2.51. The van der Waals surface area contributed by atoms with E-state index in [-0.39, 0.29) is 22.0 Å². The van der Waals surface area contributed by atoms with Crippen LogP contribution in [0.15, 0.2) is 56.8 Å². The second-order valence-corrected chi connectivity index (χ2v) is 11.1. The Morgan fingerprint density at radius 1 is 1.33 bits per heavy atom. The maximum absolute atomic E-state index is 13.8. The first-order chi connectivity index (χ1) is 14.1. The standard InChI is InChI=1S/C22H18BrClFN3OS/c1-22(2)8-15-20(16(29)9-22)19(17-5-6-18(23)30-17)12(10-26)21(27)28(15)11-3-4-14(25)13(24)7-11/h3-7,19H,8-9,27H2,1-2H3. The number of rotatable bonds is 2. The van der Waals surface area contributed by atoms with E-state index in [4.69, 9.17) is 17.3 Å². The minimum Gasteiger partial charge on any atom is -0.384 e. The Hall–Kier alpha value is -2.14. The Labute approximate surface area is 191 Å². The molecule has 30 heavy (non-hydrogen) atoms. The highest BCUT2D eigenvalue weighted by atomic mass is 79.9. The molecule has 1 aliphatic carbocycles. The predicted molar refractivity (Wildman–Crippen MR) is 121 cm³/mol. The lowest BCUT2D eigenvalue weighted by molar-refractivity contribution is -0.118. The lowest BCUT2D eigenvalue weighted by atomic mass is 9.69. The van der Waals surface area contributed by atoms with Crippen LogP contribution in [0.4, 0.5) is 10.1 Å². The fraction of sp³-hybridized carbons (Fsp3) is 0.273. The summed E-state index contributed by atoms with van der Waals surface area (Å²) in [6, 6.07) is 10.3. The third-order valence-corrected chi connectivity index (χ3v) is 7.40. The SMILES string of the molecule is CC1(C)CC(=O)C2=C(C1)N(c1ccc(F)c(Cl)c1)C(N)=C(C#N)C2c1ccc(Br)s1. The first kappa shape index (κ1) is 21.1. The minimum atomic E-state index is -0.545. The highest BCUT2D eigenvalue weighted by Gasteiger charge is 2.45. The molecular weight excluding hydrogens is 489 g/mol. The van der Waals surface area contributed by atoms with E-state index in [0.29, 0.717) is 29.7 Å². The molecule has 2 aromatic rings. The van der Waals surface area contributed by atoms with Crippen molar-refractivity contribution in [3.05, 3.63) is 72.5 Å². The lowest BCUT2D eigenvalue weighted by Gasteiger charge is -2.43. The van der Waals surface area contributed by atoms with Gasteiger partial charge in [0, 0.05) is 28.3 Å². The van der Waals surface area contributed by atoms with Crippen LogP contribution < -0.4 is 10.6 Å². The first-order valence-electron chi connectivity index (χ1n) is 9.29. The zero-order valence-electron chi connectivity index (χ0n) is 16.3. The van der Waals surface area contributed by atoms with Crippen molar-refractivity contribution in [3.8, 4) is 6.07 Å². The lowest BCUT2D eigenvalue weighted by Crippen LogP contribution is -2.42. The normalized spacial score (nSPS) is 21.0. The molecule has 0 fully saturated rings. The largest absolute Gasteiger partial charge is 0.384 e. The van der Waals surface area contributed by atoms with Gasteiger partial charge in [0.05, 0.1) is 26.4 Å². The van der Waals surface area contributed by atoms with Gasteiger partial charge in [0.1, 0.15) is 11.6 Å². The van der Waals surface area contributed by atoms with Gasteiger partial charge in [-0.15, -0.1) is 11.3 Å². The Bertz CT molecular complexity index is 1180. The molecule has 2 N–H and O–H groups in total. The molecule has 0 saturated heterocycles. The molecule has 0 saturated carbocycles. The Morgan fingerprint density at radius 3 is 2.67 bits per heavy atom. The van der Waals surface area contributed by atoms with Crippen LogP contribution in [0.3, 0.4) is 0 Å². The van der Waals surface area contributed by atoms with Crippen molar-refractivity contribution in [1.82, 2.24) is 0 Å². The molecule has 2 heterocycles. The maximum atomic E-state index is 13.8. The van der Waals surface area contributed by atoms with Crippen LogP contribution in [0, 0.1) is 22.6 Å². The Kier molecular flexibility index (Phi) is 5.29. The quantitative estimate of drug-likeness (QED) is 0.523. The molecule has 1 aromatic heterocycles. The number of carbonyl (C=O) groups is 1. The number of carbonyl (C=O) groups excluding carboxylic acids is 1. The van der Waals surface area contributed by atoms with E-state index in [9.17, 15) is 14.4 Å². The number of nitriles is 1. The molecule has 2 aliphatic rings. The van der Waals surface area contributed by atoms with E-state index in [1.54, 1.807) is 11.0 Å². The average molecular weight is 507 g/mol. The number of Topliss-reactive ketones (excluding diaryl/α,β-unsaturated/α-hetero) is 1. The summed E-state index contributed by atoms with van der Waals surface area (Å²) in [7, 11) is 0. The topological polar surface area (TPSA) is 70.1 Å². The molecule has 0 radical (unpaired) electrons. The molecule has 0 amide bonds. The molecule has 8 heteroatoms. The van der Waals surface area contributed by atoms with Gasteiger partial charge in [0.2, 0.25) is 0 Å². The van der Waals surface area contributed by atoms with Crippen LogP contribution in [0.1, 0.15) is 37.5 Å². The number of halogens is 3. The molecule has 0 bridgehead atoms. The van der Waals surface area contributed by atoms with Crippen molar-refractivity contribution in [2.75, 3.05) is 4.90 Å². The number of hydrogen-bond acceptors (Lipinski definition) is 5. The number of allylic oxidation sites excluding steroid dienone is 3. The maximum Gasteiger partial charge on any atom is 0.162 e. The molecule has 0 spiro atoms. The van der Waals surface area contributed by atoms with Gasteiger partial charge in [-0.1, -0.05) is 25.4 Å². The number of nitrogens with two attached hydrogens (primary N) is 1. The van der Waals surface area contributed by atoms with Gasteiger partial charge >= 0.3 is 0 Å². The minimum absolute atomic E-state index is 0.00534. The van der Waals surface area contributed by atoms with Gasteiger partial charge in [-0.05, 0) is 58.1 Å². The van der Waals surface area contributed by atoms with Crippen LogP contribution in [-0.4, -0.2) is 5.78 Å². The summed E-state index contributed by atoms with van der Waals surface area (Å²) in [6.07, 6.45) is 0.969. The number of thiophene rings is 1. The van der Waals surface area contributed by atoms with Gasteiger partial charge in [0.15, 0.2) is 5.78 Å². The number of hydrogen-bond donors (Lipinski definition) is 1. The summed E-state index contributed by atoms with van der Waals surface area (Å²) in [5.41, 5.74) is 8.39. The van der Waals surface area contributed by atoms with Gasteiger partial charge in [-0.25, -0.2) is 4.39 Å². The molecule has 1 atom stereocenters. The Morgan fingerprint density at radius 2 is 2.07 bits per heavy atom. The zero-order valence-corrected chi connectivity index (χ0v) is 19.5. The van der Waals surface area contributed by atoms with Crippen LogP contribution >= 0.6 is 38.9 Å². The summed E-state index contributed by atoms with van der Waals surface area (Å²) in [6.45, 7) is 4.06. The van der Waals surface area contributed by atoms with Gasteiger partial charge < -0.3 is 5.73 Å². The van der Waals surface area contributed by atoms with Crippen LogP contribution in [-0.2, 0) is 4.79 Å². The second kappa shape index (κ2) is 7.52. The first-order valence-corrected chi connectivity index (χ1v) is 11.3. The molecule has 4 rings (SSSR count). The van der Waals surface area contributed by atoms with E-state index >= 15 is 0 Å². The van der Waals surface area contributed by atoms with E-state index in [0.717, 1.165) is 14.4 Å². The van der Waals surface area contributed by atoms with Crippen molar-refractivity contribution in [3.63, 3.8) is 0 Å². The smallest absolute Gasteiger partial charge is 0.162 e. The van der Waals surface area contributed by atoms with Crippen LogP contribution in [0.25, 0.3) is 0 Å². The number of benzene rings is 1. The summed E-state index contributed by atoms with van der Waals surface area (Å²) in [5.74, 6) is -0.832. The van der Waals surface area contributed by atoms with Crippen molar-refractivity contribution in [2.24, 2.45) is 11.1 Å². The van der Waals surface area contributed by atoms with Gasteiger partial charge in [0.25, 0.3) is 0 Å². The summed E-state index contributed by atoms with van der Waals surface area (Å²) in [5, 5.41) is 9.95. The summed E-state index contributed by atoms with van der Waals surface area (Å²) >= 11 is 11.0. The number of nitrogens with zero attached hydrogens (tertiary/aromatic N) is 2. The second-order valence-electron chi connectivity index (χ2n) is 8.22. The van der Waals surface area contributed by atoms with Crippen molar-refractivity contribution in [1.29, 1.82) is 5.26 Å². The van der Waals surface area contributed by atoms with E-state index in [1.165, 1.54) is 23.5 Å². The molecular formula is C22H18BrClFN3OS. The third kappa shape index (κ3) is 3.47. The van der Waals surface area contributed by atoms with Gasteiger partial charge in [-0.3, -0.25) is 9.69 Å². The van der Waals surface area contributed by atoms with Crippen LogP contribution in [0.5, 0.6) is 0 Å². The Balaban J connectivity index is 2.00. The van der Waals surface area contributed by atoms with Crippen molar-refractivity contribution in [2.45, 2.75) is 32.6 Å². The molecule has 1 unspecified atom stereocenters. The van der Waals surface area contributed by atoms with E-state index in [1.807, 2.05) is 26.0 Å². The van der Waals surface area contributed by atoms with Crippen LogP contribution in [0.2, 0.25) is 5.02 Å². The van der Waals surface area contributed by atoms with Crippen molar-refractivity contribution < 1.29 is 9.18 Å². The fourth-order valence-electron chi connectivity index (χ4n) is 4.20.